The van der Waals surface area contributed by atoms with E-state index in [0.29, 0.717) is 10.4 Å². The molecule has 0 unspecified atom stereocenters. The molecule has 2 aromatic carbocycles. The van der Waals surface area contributed by atoms with E-state index in [1.54, 1.807) is 45.0 Å². The van der Waals surface area contributed by atoms with Crippen LogP contribution >= 0.6 is 11.6 Å². The average molecular weight is 568 g/mol. The van der Waals surface area contributed by atoms with Crippen molar-refractivity contribution < 1.29 is 28.1 Å². The molecule has 1 aliphatic heterocycles. The molecule has 15 heteroatoms. The number of nitrogens with zero attached hydrogens (tertiary/aromatic N) is 5. The number of likely N-dealkylation sites (tertiary alicyclic amines) is 1. The summed E-state index contributed by atoms with van der Waals surface area (Å²) in [7, 11) is -4.01. The van der Waals surface area contributed by atoms with Gasteiger partial charge in [0, 0.05) is 17.6 Å². The first-order valence-electron chi connectivity index (χ1n) is 11.8. The molecule has 4 N–H and O–H groups in total. The first-order valence-corrected chi connectivity index (χ1v) is 13.7. The maximum atomic E-state index is 13.2. The lowest BCUT2D eigenvalue weighted by atomic mass is 10.1. The molecule has 0 aliphatic carbocycles. The highest BCUT2D eigenvalue weighted by atomic mass is 35.5. The highest BCUT2D eigenvalue weighted by Gasteiger charge is 2.40. The number of sulfonamides is 1. The van der Waals surface area contributed by atoms with E-state index >= 15 is 0 Å². The molecule has 1 fully saturated rings. The Hall–Kier alpha value is -3.49. The van der Waals surface area contributed by atoms with Crippen molar-refractivity contribution in [1.82, 2.24) is 14.5 Å². The molecular weight excluding hydrogens is 538 g/mol. The zero-order valence-corrected chi connectivity index (χ0v) is 22.7. The highest BCUT2D eigenvalue weighted by molar-refractivity contribution is 7.89. The van der Waals surface area contributed by atoms with Gasteiger partial charge < -0.3 is 20.2 Å². The molecule has 1 aliphatic rings. The van der Waals surface area contributed by atoms with Crippen molar-refractivity contribution >= 4 is 50.2 Å². The van der Waals surface area contributed by atoms with Gasteiger partial charge in [-0.3, -0.25) is 15.3 Å². The first kappa shape index (κ1) is 29.1. The van der Waals surface area contributed by atoms with Gasteiger partial charge >= 0.3 is 5.96 Å². The normalized spacial score (nSPS) is 17.9. The molecule has 0 bridgehead atoms. The summed E-state index contributed by atoms with van der Waals surface area (Å²) in [5, 5.41) is 23.9. The lowest BCUT2D eigenvalue weighted by Gasteiger charge is -2.32. The van der Waals surface area contributed by atoms with Crippen LogP contribution in [0.3, 0.4) is 0 Å². The molecule has 0 saturated carbocycles. The maximum absolute atomic E-state index is 13.2. The summed E-state index contributed by atoms with van der Waals surface area (Å²) in [6.45, 7) is 5.37. The second-order valence-electron chi connectivity index (χ2n) is 9.05. The van der Waals surface area contributed by atoms with Crippen LogP contribution in [-0.4, -0.2) is 83.8 Å². The van der Waals surface area contributed by atoms with Gasteiger partial charge in [0.1, 0.15) is 18.6 Å². The van der Waals surface area contributed by atoms with Crippen LogP contribution in [0.4, 0.5) is 0 Å². The number of hydrogen-bond donors (Lipinski definition) is 3. The minimum atomic E-state index is -4.01. The number of nitrogens with two attached hydrogens (primary N) is 1. The Morgan fingerprint density at radius 3 is 2.61 bits per heavy atom. The fourth-order valence-electron chi connectivity index (χ4n) is 4.19. The molecule has 38 heavy (non-hydrogen) atoms. The predicted octanol–water partition coefficient (Wildman–Crippen LogP) is 1.66. The average Bonchev–Trinajstić information content (AvgIpc) is 3.23. The zero-order chi connectivity index (χ0) is 28.2. The van der Waals surface area contributed by atoms with E-state index in [1.807, 2.05) is 0 Å². The number of hydrogen-bond acceptors (Lipinski definition) is 7. The van der Waals surface area contributed by atoms with Crippen molar-refractivity contribution in [2.75, 3.05) is 19.6 Å². The number of nitrogens with one attached hydrogen (secondary N) is 1. The summed E-state index contributed by atoms with van der Waals surface area (Å²) in [4.78, 5) is 32.7. The number of aliphatic imine (C=N–C) groups is 1. The SMILES string of the molecule is CC(C)N(CCN=C(N)[N+]([O-])=NO)C(=O)[C@H](C)N1CC[C@H](NS(=O)(=O)c2ccc3cc(Cl)ccc3c2)C1=O. The van der Waals surface area contributed by atoms with Crippen molar-refractivity contribution in [3.8, 4) is 0 Å². The number of benzene rings is 2. The van der Waals surface area contributed by atoms with Crippen molar-refractivity contribution in [3.63, 3.8) is 0 Å². The molecule has 2 aromatic rings. The Bertz CT molecular complexity index is 1380. The maximum Gasteiger partial charge on any atom is 0.407 e. The topological polar surface area (TPSA) is 184 Å². The number of amides is 2. The summed E-state index contributed by atoms with van der Waals surface area (Å²) in [6, 6.07) is 7.55. The second kappa shape index (κ2) is 11.9. The van der Waals surface area contributed by atoms with Gasteiger partial charge in [0.05, 0.1) is 16.7 Å². The second-order valence-corrected chi connectivity index (χ2v) is 11.2. The van der Waals surface area contributed by atoms with Gasteiger partial charge in [-0.1, -0.05) is 23.7 Å². The molecular formula is C23H30ClN7O6S. The van der Waals surface area contributed by atoms with Crippen molar-refractivity contribution in [2.45, 2.75) is 50.2 Å². The van der Waals surface area contributed by atoms with Crippen LogP contribution in [0.5, 0.6) is 0 Å². The Kier molecular flexibility index (Phi) is 9.12. The Morgan fingerprint density at radius 1 is 1.29 bits per heavy atom. The molecule has 2 amide bonds. The molecule has 0 radical (unpaired) electrons. The standard InChI is InChI=1S/C23H30ClN7O6S/c1-14(2)29(11-9-26-23(25)31(35)28-34)21(32)15(3)30-10-8-20(22(30)33)27-38(36,37)19-7-5-16-12-18(24)6-4-17(16)13-19/h4-7,12-15,20,27,34H,8-11H2,1-3H3,(H2,25,26)/t15-,20-/m0/s1. The van der Waals surface area contributed by atoms with Gasteiger partial charge in [-0.05, 0) is 62.2 Å². The predicted molar refractivity (Wildman–Crippen MR) is 140 cm³/mol. The molecule has 1 saturated heterocycles. The molecule has 206 valence electrons. The third-order valence-electron chi connectivity index (χ3n) is 6.24. The van der Waals surface area contributed by atoms with Crippen LogP contribution in [0.1, 0.15) is 27.2 Å². The van der Waals surface area contributed by atoms with Gasteiger partial charge in [0.25, 0.3) is 0 Å². The Labute approximate surface area is 225 Å². The van der Waals surface area contributed by atoms with Crippen LogP contribution in [0, 0.1) is 5.21 Å². The van der Waals surface area contributed by atoms with Gasteiger partial charge in [-0.2, -0.15) is 4.72 Å². The van der Waals surface area contributed by atoms with Crippen LogP contribution in [0.2, 0.25) is 5.02 Å². The van der Waals surface area contributed by atoms with Gasteiger partial charge in [0.15, 0.2) is 0 Å². The Balaban J connectivity index is 1.68. The van der Waals surface area contributed by atoms with E-state index in [9.17, 15) is 23.2 Å². The number of guanidine groups is 1. The van der Waals surface area contributed by atoms with E-state index in [4.69, 9.17) is 22.5 Å². The first-order chi connectivity index (χ1) is 17.9. The third-order valence-corrected chi connectivity index (χ3v) is 7.95. The summed E-state index contributed by atoms with van der Waals surface area (Å²) < 4.78 is 28.6. The molecule has 2 atom stereocenters. The van der Waals surface area contributed by atoms with Crippen molar-refractivity contribution in [2.24, 2.45) is 16.0 Å². The summed E-state index contributed by atoms with van der Waals surface area (Å²) in [5.41, 5.74) is 5.38. The van der Waals surface area contributed by atoms with E-state index in [-0.39, 0.29) is 47.8 Å². The van der Waals surface area contributed by atoms with E-state index in [0.717, 1.165) is 5.39 Å². The fourth-order valence-corrected chi connectivity index (χ4v) is 5.63. The number of fused-ring (bicyclic) bond motifs is 1. The van der Waals surface area contributed by atoms with Gasteiger partial charge in [-0.15, -0.1) is 9.85 Å². The lowest BCUT2D eigenvalue weighted by molar-refractivity contribution is -0.445. The number of carbonyl (C=O) groups excluding carboxylic acids is 2. The number of halogens is 1. The van der Waals surface area contributed by atoms with Crippen molar-refractivity contribution in [3.05, 3.63) is 46.6 Å². The smallest absolute Gasteiger partial charge is 0.407 e. The monoisotopic (exact) mass is 567 g/mol. The molecule has 13 nitrogen and oxygen atoms in total. The minimum Gasteiger partial charge on any atom is -0.719 e. The number of rotatable bonds is 9. The molecule has 1 heterocycles. The van der Waals surface area contributed by atoms with Crippen LogP contribution in [0.25, 0.3) is 10.8 Å². The number of carbonyl (C=O) groups is 2. The number of hydroxylamine groups is 1. The summed E-state index contributed by atoms with van der Waals surface area (Å²) in [6.07, 6.45) is 0.200. The Morgan fingerprint density at radius 2 is 1.95 bits per heavy atom. The van der Waals surface area contributed by atoms with Gasteiger partial charge in [-0.25, -0.2) is 8.42 Å². The van der Waals surface area contributed by atoms with E-state index < -0.39 is 34.0 Å². The third kappa shape index (κ3) is 6.49. The lowest BCUT2D eigenvalue weighted by Crippen LogP contribution is -2.52. The van der Waals surface area contributed by atoms with Crippen molar-refractivity contribution in [1.29, 1.82) is 0 Å². The van der Waals surface area contributed by atoms with E-state index in [2.05, 4.69) is 15.0 Å². The largest absolute Gasteiger partial charge is 0.719 e. The van der Waals surface area contributed by atoms with Crippen LogP contribution < -0.4 is 10.5 Å². The summed E-state index contributed by atoms with van der Waals surface area (Å²) >= 11 is 5.99. The van der Waals surface area contributed by atoms with Crippen LogP contribution in [0.15, 0.2) is 51.6 Å². The van der Waals surface area contributed by atoms with Gasteiger partial charge in [0.2, 0.25) is 21.8 Å². The van der Waals surface area contributed by atoms with E-state index in [1.165, 1.54) is 21.9 Å². The molecule has 0 aromatic heterocycles. The highest BCUT2D eigenvalue weighted by Crippen LogP contribution is 2.24. The quantitative estimate of drug-likeness (QED) is 0.135. The molecule has 3 rings (SSSR count). The molecule has 0 spiro atoms. The summed E-state index contributed by atoms with van der Waals surface area (Å²) in [5.74, 6) is -1.44. The van der Waals surface area contributed by atoms with Crippen LogP contribution in [-0.2, 0) is 19.6 Å². The minimum absolute atomic E-state index is 0.0131. The fraction of sp³-hybridized carbons (Fsp3) is 0.435. The zero-order valence-electron chi connectivity index (χ0n) is 21.1.